The lowest BCUT2D eigenvalue weighted by Gasteiger charge is -2.25. The standard InChI is InChI=1S/C11H19N3O2/c12-9-3-1-2-8(9)11(16)14-7-4-5-10(15)13-6-7/h7-9H,1-6,12H2,(H,13,15)(H,14,16). The Balaban J connectivity index is 1.80. The molecule has 5 nitrogen and oxygen atoms in total. The zero-order valence-electron chi connectivity index (χ0n) is 9.37. The van der Waals surface area contributed by atoms with Crippen molar-refractivity contribution < 1.29 is 9.59 Å². The Bertz CT molecular complexity index is 283. The number of rotatable bonds is 2. The molecule has 3 atom stereocenters. The van der Waals surface area contributed by atoms with Gasteiger partial charge >= 0.3 is 0 Å². The second kappa shape index (κ2) is 4.82. The van der Waals surface area contributed by atoms with E-state index in [1.54, 1.807) is 0 Å². The summed E-state index contributed by atoms with van der Waals surface area (Å²) < 4.78 is 0. The van der Waals surface area contributed by atoms with Crippen LogP contribution in [0.2, 0.25) is 0 Å². The summed E-state index contributed by atoms with van der Waals surface area (Å²) in [5.41, 5.74) is 5.88. The summed E-state index contributed by atoms with van der Waals surface area (Å²) in [7, 11) is 0. The molecule has 0 spiro atoms. The fraction of sp³-hybridized carbons (Fsp3) is 0.818. The summed E-state index contributed by atoms with van der Waals surface area (Å²) in [6.07, 6.45) is 4.12. The number of nitrogens with one attached hydrogen (secondary N) is 2. The second-order valence-electron chi connectivity index (χ2n) is 4.75. The number of carbonyl (C=O) groups is 2. The van der Waals surface area contributed by atoms with Crippen molar-refractivity contribution >= 4 is 11.8 Å². The topological polar surface area (TPSA) is 84.2 Å². The van der Waals surface area contributed by atoms with Crippen LogP contribution in [0.15, 0.2) is 0 Å². The predicted molar refractivity (Wildman–Crippen MR) is 59.5 cm³/mol. The molecular weight excluding hydrogens is 206 g/mol. The van der Waals surface area contributed by atoms with Gasteiger partial charge in [-0.05, 0) is 19.3 Å². The summed E-state index contributed by atoms with van der Waals surface area (Å²) in [6.45, 7) is 0.548. The lowest BCUT2D eigenvalue weighted by atomic mass is 10.0. The summed E-state index contributed by atoms with van der Waals surface area (Å²) in [4.78, 5) is 22.9. The van der Waals surface area contributed by atoms with Crippen LogP contribution in [0.25, 0.3) is 0 Å². The zero-order valence-corrected chi connectivity index (χ0v) is 9.37. The van der Waals surface area contributed by atoms with Gasteiger partial charge in [0.05, 0.1) is 5.92 Å². The fourth-order valence-corrected chi connectivity index (χ4v) is 2.48. The Kier molecular flexibility index (Phi) is 3.43. The summed E-state index contributed by atoms with van der Waals surface area (Å²) in [6, 6.07) is 0.0937. The third-order valence-electron chi connectivity index (χ3n) is 3.52. The zero-order chi connectivity index (χ0) is 11.5. The van der Waals surface area contributed by atoms with E-state index in [0.29, 0.717) is 13.0 Å². The van der Waals surface area contributed by atoms with Crippen molar-refractivity contribution in [3.05, 3.63) is 0 Å². The van der Waals surface area contributed by atoms with Gasteiger partial charge in [0, 0.05) is 25.0 Å². The van der Waals surface area contributed by atoms with Crippen molar-refractivity contribution in [3.8, 4) is 0 Å². The van der Waals surface area contributed by atoms with Crippen molar-refractivity contribution in [3.63, 3.8) is 0 Å². The highest BCUT2D eigenvalue weighted by Gasteiger charge is 2.31. The predicted octanol–water partition coefficient (Wildman–Crippen LogP) is -0.491. The van der Waals surface area contributed by atoms with Crippen molar-refractivity contribution in [2.24, 2.45) is 11.7 Å². The Morgan fingerprint density at radius 2 is 2.19 bits per heavy atom. The molecule has 16 heavy (non-hydrogen) atoms. The van der Waals surface area contributed by atoms with E-state index in [-0.39, 0.29) is 29.8 Å². The molecule has 0 bridgehead atoms. The molecule has 1 aliphatic heterocycles. The Morgan fingerprint density at radius 3 is 2.75 bits per heavy atom. The van der Waals surface area contributed by atoms with E-state index in [1.807, 2.05) is 0 Å². The first kappa shape index (κ1) is 11.4. The smallest absolute Gasteiger partial charge is 0.224 e. The molecule has 2 fully saturated rings. The largest absolute Gasteiger partial charge is 0.354 e. The minimum Gasteiger partial charge on any atom is -0.354 e. The van der Waals surface area contributed by atoms with Gasteiger partial charge in [-0.1, -0.05) is 6.42 Å². The van der Waals surface area contributed by atoms with E-state index in [4.69, 9.17) is 5.73 Å². The molecule has 90 valence electrons. The first-order chi connectivity index (χ1) is 7.66. The monoisotopic (exact) mass is 225 g/mol. The first-order valence-electron chi connectivity index (χ1n) is 5.99. The van der Waals surface area contributed by atoms with Gasteiger partial charge in [0.25, 0.3) is 0 Å². The van der Waals surface area contributed by atoms with E-state index in [9.17, 15) is 9.59 Å². The SMILES string of the molecule is NC1CCCC1C(=O)NC1CCC(=O)NC1. The normalized spacial score (nSPS) is 34.6. The van der Waals surface area contributed by atoms with Crippen LogP contribution in [0.1, 0.15) is 32.1 Å². The molecule has 0 aromatic carbocycles. The molecule has 0 aromatic rings. The number of hydrogen-bond acceptors (Lipinski definition) is 3. The van der Waals surface area contributed by atoms with Gasteiger partial charge in [0.2, 0.25) is 11.8 Å². The lowest BCUT2D eigenvalue weighted by Crippen LogP contribution is -2.50. The van der Waals surface area contributed by atoms with Crippen LogP contribution < -0.4 is 16.4 Å². The van der Waals surface area contributed by atoms with Crippen LogP contribution in [0.4, 0.5) is 0 Å². The lowest BCUT2D eigenvalue weighted by molar-refractivity contribution is -0.128. The average molecular weight is 225 g/mol. The Labute approximate surface area is 95.1 Å². The molecule has 2 aliphatic rings. The maximum absolute atomic E-state index is 11.9. The molecular formula is C11H19N3O2. The van der Waals surface area contributed by atoms with Crippen molar-refractivity contribution in [1.82, 2.24) is 10.6 Å². The number of carbonyl (C=O) groups excluding carboxylic acids is 2. The first-order valence-corrected chi connectivity index (χ1v) is 5.99. The summed E-state index contributed by atoms with van der Waals surface area (Å²) in [5.74, 6) is 0.104. The summed E-state index contributed by atoms with van der Waals surface area (Å²) >= 11 is 0. The van der Waals surface area contributed by atoms with Gasteiger partial charge in [-0.3, -0.25) is 9.59 Å². The minimum absolute atomic E-state index is 0.0122. The highest BCUT2D eigenvalue weighted by Crippen LogP contribution is 2.24. The van der Waals surface area contributed by atoms with Gasteiger partial charge < -0.3 is 16.4 Å². The maximum Gasteiger partial charge on any atom is 0.224 e. The van der Waals surface area contributed by atoms with Gasteiger partial charge in [-0.25, -0.2) is 0 Å². The third-order valence-corrected chi connectivity index (χ3v) is 3.52. The fourth-order valence-electron chi connectivity index (χ4n) is 2.48. The van der Waals surface area contributed by atoms with Gasteiger partial charge in [-0.2, -0.15) is 0 Å². The highest BCUT2D eigenvalue weighted by atomic mass is 16.2. The van der Waals surface area contributed by atoms with E-state index < -0.39 is 0 Å². The number of amides is 2. The molecule has 1 aliphatic carbocycles. The van der Waals surface area contributed by atoms with Gasteiger partial charge in [-0.15, -0.1) is 0 Å². The Hall–Kier alpha value is -1.10. The number of nitrogens with two attached hydrogens (primary N) is 1. The highest BCUT2D eigenvalue weighted by molar-refractivity contribution is 5.81. The molecule has 1 saturated heterocycles. The van der Waals surface area contributed by atoms with Crippen LogP contribution in [-0.4, -0.2) is 30.4 Å². The summed E-state index contributed by atoms with van der Waals surface area (Å²) in [5, 5.41) is 5.73. The third kappa shape index (κ3) is 2.52. The molecule has 2 amide bonds. The second-order valence-corrected chi connectivity index (χ2v) is 4.75. The van der Waals surface area contributed by atoms with Crippen molar-refractivity contribution in [1.29, 1.82) is 0 Å². The van der Waals surface area contributed by atoms with E-state index >= 15 is 0 Å². The van der Waals surface area contributed by atoms with Crippen molar-refractivity contribution in [2.45, 2.75) is 44.2 Å². The molecule has 4 N–H and O–H groups in total. The van der Waals surface area contributed by atoms with Crippen LogP contribution >= 0.6 is 0 Å². The molecule has 2 rings (SSSR count). The van der Waals surface area contributed by atoms with Crippen LogP contribution in [-0.2, 0) is 9.59 Å². The van der Waals surface area contributed by atoms with E-state index in [2.05, 4.69) is 10.6 Å². The molecule has 0 radical (unpaired) electrons. The molecule has 0 aromatic heterocycles. The molecule has 5 heteroatoms. The van der Waals surface area contributed by atoms with E-state index in [1.165, 1.54) is 0 Å². The van der Waals surface area contributed by atoms with Crippen LogP contribution in [0.5, 0.6) is 0 Å². The van der Waals surface area contributed by atoms with Gasteiger partial charge in [0.15, 0.2) is 0 Å². The van der Waals surface area contributed by atoms with Gasteiger partial charge in [0.1, 0.15) is 0 Å². The minimum atomic E-state index is -0.0300. The molecule has 1 saturated carbocycles. The molecule has 3 unspecified atom stereocenters. The molecule has 1 heterocycles. The van der Waals surface area contributed by atoms with E-state index in [0.717, 1.165) is 25.7 Å². The Morgan fingerprint density at radius 1 is 1.38 bits per heavy atom. The maximum atomic E-state index is 11.9. The quantitative estimate of drug-likeness (QED) is 0.593. The van der Waals surface area contributed by atoms with Crippen molar-refractivity contribution in [2.75, 3.05) is 6.54 Å². The number of piperidine rings is 1. The van der Waals surface area contributed by atoms with Crippen LogP contribution in [0.3, 0.4) is 0 Å². The average Bonchev–Trinajstić information content (AvgIpc) is 2.68. The van der Waals surface area contributed by atoms with Crippen LogP contribution in [0, 0.1) is 5.92 Å². The number of hydrogen-bond donors (Lipinski definition) is 3.